The maximum Gasteiger partial charge on any atom is 0.306 e. The molecule has 0 rings (SSSR count). The smallest absolute Gasteiger partial charge is 0.306 e. The molecule has 0 amide bonds. The third-order valence-electron chi connectivity index (χ3n) is 10.9. The van der Waals surface area contributed by atoms with Crippen LogP contribution in [0.5, 0.6) is 0 Å². The van der Waals surface area contributed by atoms with Crippen LogP contribution < -0.4 is 0 Å². The van der Waals surface area contributed by atoms with Gasteiger partial charge in [0.05, 0.1) is 0 Å². The fourth-order valence-electron chi connectivity index (χ4n) is 7.21. The summed E-state index contributed by atoms with van der Waals surface area (Å²) in [5, 5.41) is 0. The third kappa shape index (κ3) is 41.6. The zero-order valence-electron chi connectivity index (χ0n) is 36.5. The average Bonchev–Trinajstić information content (AvgIpc) is 3.17. The third-order valence-corrected chi connectivity index (χ3v) is 10.9. The molecule has 0 radical (unpaired) electrons. The van der Waals surface area contributed by atoms with Gasteiger partial charge in [-0.3, -0.25) is 14.4 Å². The molecule has 0 aromatic heterocycles. The van der Waals surface area contributed by atoms with Gasteiger partial charge in [0.15, 0.2) is 6.10 Å². The van der Waals surface area contributed by atoms with Gasteiger partial charge in [-0.05, 0) is 19.3 Å². The van der Waals surface area contributed by atoms with Gasteiger partial charge in [0.1, 0.15) is 13.2 Å². The van der Waals surface area contributed by atoms with Crippen LogP contribution in [0, 0.1) is 0 Å². The highest BCUT2D eigenvalue weighted by atomic mass is 16.6. The molecule has 0 spiro atoms. The topological polar surface area (TPSA) is 78.9 Å². The van der Waals surface area contributed by atoms with Gasteiger partial charge in [-0.25, -0.2) is 0 Å². The molecular formula is C48H92O6. The van der Waals surface area contributed by atoms with E-state index in [1.165, 1.54) is 173 Å². The Morgan fingerprint density at radius 3 is 0.741 bits per heavy atom. The van der Waals surface area contributed by atoms with E-state index in [1.54, 1.807) is 0 Å². The Morgan fingerprint density at radius 2 is 0.500 bits per heavy atom. The second-order valence-electron chi connectivity index (χ2n) is 16.4. The lowest BCUT2D eigenvalue weighted by molar-refractivity contribution is -0.167. The average molecular weight is 765 g/mol. The molecule has 6 heteroatoms. The maximum absolute atomic E-state index is 12.7. The first-order chi connectivity index (χ1) is 26.5. The van der Waals surface area contributed by atoms with Crippen molar-refractivity contribution in [1.82, 2.24) is 0 Å². The number of hydrogen-bond acceptors (Lipinski definition) is 6. The first-order valence-electron chi connectivity index (χ1n) is 24.0. The van der Waals surface area contributed by atoms with Crippen LogP contribution in [0.1, 0.15) is 271 Å². The monoisotopic (exact) mass is 765 g/mol. The minimum Gasteiger partial charge on any atom is -0.462 e. The SMILES string of the molecule is CCCCCCCCCCCCCCCCCCCCCC(=O)OCC(COC(=O)CCCCCCCCC)OC(=O)CCCCCCCCCCCC. The summed E-state index contributed by atoms with van der Waals surface area (Å²) in [6, 6.07) is 0. The molecule has 54 heavy (non-hydrogen) atoms. The van der Waals surface area contributed by atoms with Crippen LogP contribution in [0.15, 0.2) is 0 Å². The van der Waals surface area contributed by atoms with Crippen LogP contribution in [0.25, 0.3) is 0 Å². The molecular weight excluding hydrogens is 673 g/mol. The number of carbonyl (C=O) groups excluding carboxylic acids is 3. The molecule has 0 N–H and O–H groups in total. The number of esters is 3. The second kappa shape index (κ2) is 44.1. The van der Waals surface area contributed by atoms with Crippen molar-refractivity contribution >= 4 is 17.9 Å². The van der Waals surface area contributed by atoms with Crippen molar-refractivity contribution in [3.63, 3.8) is 0 Å². The van der Waals surface area contributed by atoms with E-state index in [2.05, 4.69) is 20.8 Å². The molecule has 320 valence electrons. The Morgan fingerprint density at radius 1 is 0.296 bits per heavy atom. The Balaban J connectivity index is 4.14. The van der Waals surface area contributed by atoms with Crippen LogP contribution in [-0.2, 0) is 28.6 Å². The molecule has 1 unspecified atom stereocenters. The van der Waals surface area contributed by atoms with Gasteiger partial charge >= 0.3 is 17.9 Å². The number of hydrogen-bond donors (Lipinski definition) is 0. The molecule has 0 aliphatic rings. The number of rotatable bonds is 44. The molecule has 0 aromatic rings. The van der Waals surface area contributed by atoms with E-state index >= 15 is 0 Å². The van der Waals surface area contributed by atoms with Crippen molar-refractivity contribution in [2.45, 2.75) is 277 Å². The van der Waals surface area contributed by atoms with Crippen molar-refractivity contribution in [3.05, 3.63) is 0 Å². The Kier molecular flexibility index (Phi) is 42.8. The predicted octanol–water partition coefficient (Wildman–Crippen LogP) is 15.3. The molecule has 0 aliphatic heterocycles. The molecule has 6 nitrogen and oxygen atoms in total. The largest absolute Gasteiger partial charge is 0.462 e. The first-order valence-corrected chi connectivity index (χ1v) is 24.0. The van der Waals surface area contributed by atoms with Gasteiger partial charge in [0.25, 0.3) is 0 Å². The molecule has 0 saturated heterocycles. The lowest BCUT2D eigenvalue weighted by atomic mass is 10.0. The molecule has 0 aromatic carbocycles. The predicted molar refractivity (Wildman–Crippen MR) is 229 cm³/mol. The summed E-state index contributed by atoms with van der Waals surface area (Å²) in [6.45, 7) is 6.61. The van der Waals surface area contributed by atoms with Crippen molar-refractivity contribution in [1.29, 1.82) is 0 Å². The molecule has 0 fully saturated rings. The van der Waals surface area contributed by atoms with Crippen molar-refractivity contribution < 1.29 is 28.6 Å². The highest BCUT2D eigenvalue weighted by Crippen LogP contribution is 2.16. The normalized spacial score (nSPS) is 11.8. The summed E-state index contributed by atoms with van der Waals surface area (Å²) in [4.78, 5) is 37.6. The summed E-state index contributed by atoms with van der Waals surface area (Å²) < 4.78 is 16.7. The van der Waals surface area contributed by atoms with Crippen LogP contribution in [-0.4, -0.2) is 37.2 Å². The zero-order valence-corrected chi connectivity index (χ0v) is 36.5. The number of ether oxygens (including phenoxy) is 3. The standard InChI is InChI=1S/C48H92O6/c1-4-7-10-13-16-18-20-21-22-23-24-25-26-27-28-30-32-35-38-41-47(50)53-44-45(43-52-46(49)40-37-34-31-15-12-9-6-3)54-48(51)42-39-36-33-29-19-17-14-11-8-5-2/h45H,4-44H2,1-3H3. The highest BCUT2D eigenvalue weighted by molar-refractivity contribution is 5.71. The number of carbonyl (C=O) groups is 3. The quantitative estimate of drug-likeness (QED) is 0.0349. The molecule has 0 saturated carbocycles. The summed E-state index contributed by atoms with van der Waals surface area (Å²) >= 11 is 0. The van der Waals surface area contributed by atoms with E-state index in [-0.39, 0.29) is 31.1 Å². The molecule has 0 bridgehead atoms. The Hall–Kier alpha value is -1.59. The Labute approximate surface area is 336 Å². The first kappa shape index (κ1) is 52.4. The van der Waals surface area contributed by atoms with Crippen LogP contribution in [0.3, 0.4) is 0 Å². The van der Waals surface area contributed by atoms with Crippen LogP contribution >= 0.6 is 0 Å². The fourth-order valence-corrected chi connectivity index (χ4v) is 7.21. The minimum absolute atomic E-state index is 0.0631. The highest BCUT2D eigenvalue weighted by Gasteiger charge is 2.19. The van der Waals surface area contributed by atoms with E-state index in [0.29, 0.717) is 19.3 Å². The van der Waals surface area contributed by atoms with E-state index in [4.69, 9.17) is 14.2 Å². The summed E-state index contributed by atoms with van der Waals surface area (Å²) in [5.74, 6) is -0.857. The Bertz CT molecular complexity index is 798. The molecule has 0 heterocycles. The van der Waals surface area contributed by atoms with E-state index in [9.17, 15) is 14.4 Å². The second-order valence-corrected chi connectivity index (χ2v) is 16.4. The van der Waals surface area contributed by atoms with Gasteiger partial charge in [0.2, 0.25) is 0 Å². The van der Waals surface area contributed by atoms with Gasteiger partial charge in [0, 0.05) is 19.3 Å². The molecule has 1 atom stereocenters. The van der Waals surface area contributed by atoms with E-state index < -0.39 is 6.10 Å². The van der Waals surface area contributed by atoms with Gasteiger partial charge in [-0.15, -0.1) is 0 Å². The van der Waals surface area contributed by atoms with E-state index in [1.807, 2.05) is 0 Å². The number of unbranched alkanes of at least 4 members (excludes halogenated alkanes) is 33. The maximum atomic E-state index is 12.7. The molecule has 0 aliphatic carbocycles. The lowest BCUT2D eigenvalue weighted by Gasteiger charge is -2.18. The fraction of sp³-hybridized carbons (Fsp3) is 0.938. The van der Waals surface area contributed by atoms with E-state index in [0.717, 1.165) is 57.8 Å². The summed E-state index contributed by atoms with van der Waals surface area (Å²) in [7, 11) is 0. The van der Waals surface area contributed by atoms with Gasteiger partial charge in [-0.2, -0.15) is 0 Å². The summed E-state index contributed by atoms with van der Waals surface area (Å²) in [5.41, 5.74) is 0. The van der Waals surface area contributed by atoms with Gasteiger partial charge in [-0.1, -0.05) is 233 Å². The van der Waals surface area contributed by atoms with Crippen molar-refractivity contribution in [2.24, 2.45) is 0 Å². The van der Waals surface area contributed by atoms with Crippen LogP contribution in [0.2, 0.25) is 0 Å². The van der Waals surface area contributed by atoms with Crippen molar-refractivity contribution in [2.75, 3.05) is 13.2 Å². The van der Waals surface area contributed by atoms with Crippen LogP contribution in [0.4, 0.5) is 0 Å². The minimum atomic E-state index is -0.757. The summed E-state index contributed by atoms with van der Waals surface area (Å²) in [6.07, 6.45) is 45.3. The van der Waals surface area contributed by atoms with Gasteiger partial charge < -0.3 is 14.2 Å². The zero-order chi connectivity index (χ0) is 39.4. The lowest BCUT2D eigenvalue weighted by Crippen LogP contribution is -2.30. The van der Waals surface area contributed by atoms with Crippen molar-refractivity contribution in [3.8, 4) is 0 Å².